The van der Waals surface area contributed by atoms with Crippen LogP contribution in [-0.4, -0.2) is 21.6 Å². The Morgan fingerprint density at radius 3 is 2.71 bits per heavy atom. The fourth-order valence-corrected chi connectivity index (χ4v) is 3.05. The number of fused-ring (bicyclic) bond motifs is 1. The normalized spacial score (nSPS) is 10.7. The van der Waals surface area contributed by atoms with E-state index in [0.29, 0.717) is 5.56 Å². The number of hydrogen-bond acceptors (Lipinski definition) is 4. The lowest BCUT2D eigenvalue weighted by Crippen LogP contribution is -2.02. The van der Waals surface area contributed by atoms with Crippen molar-refractivity contribution in [2.75, 3.05) is 5.75 Å². The van der Waals surface area contributed by atoms with E-state index in [-0.39, 0.29) is 17.3 Å². The number of pyridine rings is 1. The van der Waals surface area contributed by atoms with Gasteiger partial charge in [-0.1, -0.05) is 30.3 Å². The zero-order valence-corrected chi connectivity index (χ0v) is 12.0. The third-order valence-electron chi connectivity index (χ3n) is 3.16. The first-order valence-electron chi connectivity index (χ1n) is 6.53. The molecular weight excluding hydrogens is 282 g/mol. The van der Waals surface area contributed by atoms with Gasteiger partial charge in [0.25, 0.3) is 0 Å². The largest absolute Gasteiger partial charge is 0.507 e. The maximum Gasteiger partial charge on any atom is 0.176 e. The predicted octanol–water partition coefficient (Wildman–Crippen LogP) is 3.92. The van der Waals surface area contributed by atoms with Crippen molar-refractivity contribution in [3.63, 3.8) is 0 Å². The number of phenolic OH excluding ortho intramolecular Hbond substituents is 1. The summed E-state index contributed by atoms with van der Waals surface area (Å²) in [6.45, 7) is 0. The fraction of sp³-hybridized carbons (Fsp3) is 0.0588. The number of Topliss-reactive ketones (excluding diaryl/α,β-unsaturated/α-hetero) is 1. The van der Waals surface area contributed by atoms with Crippen molar-refractivity contribution in [1.82, 2.24) is 4.98 Å². The molecule has 1 heterocycles. The van der Waals surface area contributed by atoms with Crippen LogP contribution in [0.4, 0.5) is 0 Å². The first-order chi connectivity index (χ1) is 10.3. The molecule has 0 radical (unpaired) electrons. The molecular formula is C17H13NO2S. The van der Waals surface area contributed by atoms with Gasteiger partial charge in [-0.3, -0.25) is 9.78 Å². The van der Waals surface area contributed by atoms with E-state index in [0.717, 1.165) is 15.8 Å². The van der Waals surface area contributed by atoms with E-state index in [1.165, 1.54) is 17.8 Å². The number of para-hydroxylation sites is 2. The average Bonchev–Trinajstić information content (AvgIpc) is 2.53. The second-order valence-electron chi connectivity index (χ2n) is 4.56. The Kier molecular flexibility index (Phi) is 3.88. The first kappa shape index (κ1) is 13.6. The molecule has 1 aromatic heterocycles. The molecule has 0 aliphatic rings. The number of aromatic nitrogens is 1. The number of aromatic hydroxyl groups is 1. The summed E-state index contributed by atoms with van der Waals surface area (Å²) in [6.07, 6.45) is 1.75. The summed E-state index contributed by atoms with van der Waals surface area (Å²) in [5, 5.41) is 10.8. The summed E-state index contributed by atoms with van der Waals surface area (Å²) in [5.74, 6) is 0.206. The standard InChI is InChI=1S/C17H13NO2S/c19-14-8-2-1-7-13(14)15(20)11-21-16-9-3-5-12-6-4-10-18-17(12)16/h1-10,19H,11H2. The van der Waals surface area contributed by atoms with Gasteiger partial charge in [0, 0.05) is 16.5 Å². The molecule has 0 saturated heterocycles. The smallest absolute Gasteiger partial charge is 0.176 e. The number of ketones is 1. The van der Waals surface area contributed by atoms with Crippen molar-refractivity contribution in [2.24, 2.45) is 0 Å². The maximum atomic E-state index is 12.2. The Bertz CT molecular complexity index is 796. The third-order valence-corrected chi connectivity index (χ3v) is 4.21. The lowest BCUT2D eigenvalue weighted by Gasteiger charge is -2.06. The molecule has 3 rings (SSSR count). The number of phenols is 1. The Morgan fingerprint density at radius 2 is 1.86 bits per heavy atom. The first-order valence-corrected chi connectivity index (χ1v) is 7.52. The molecule has 21 heavy (non-hydrogen) atoms. The van der Waals surface area contributed by atoms with Crippen LogP contribution in [0.3, 0.4) is 0 Å². The molecule has 3 aromatic rings. The van der Waals surface area contributed by atoms with Gasteiger partial charge in [-0.05, 0) is 24.3 Å². The Hall–Kier alpha value is -2.33. The quantitative estimate of drug-likeness (QED) is 0.585. The molecule has 3 nitrogen and oxygen atoms in total. The van der Waals surface area contributed by atoms with Gasteiger partial charge in [0.15, 0.2) is 5.78 Å². The van der Waals surface area contributed by atoms with Crippen LogP contribution in [0.25, 0.3) is 10.9 Å². The molecule has 2 aromatic carbocycles. The van der Waals surface area contributed by atoms with Crippen molar-refractivity contribution < 1.29 is 9.90 Å². The Balaban J connectivity index is 1.81. The molecule has 0 saturated carbocycles. The Morgan fingerprint density at radius 1 is 1.05 bits per heavy atom. The molecule has 104 valence electrons. The van der Waals surface area contributed by atoms with Gasteiger partial charge in [0.2, 0.25) is 0 Å². The maximum absolute atomic E-state index is 12.2. The van der Waals surface area contributed by atoms with Crippen LogP contribution in [-0.2, 0) is 0 Å². The number of nitrogens with zero attached hydrogens (tertiary/aromatic N) is 1. The van der Waals surface area contributed by atoms with Crippen molar-refractivity contribution in [2.45, 2.75) is 4.90 Å². The van der Waals surface area contributed by atoms with Crippen LogP contribution in [0.5, 0.6) is 5.75 Å². The minimum absolute atomic E-state index is 0.0270. The molecule has 1 N–H and O–H groups in total. The van der Waals surface area contributed by atoms with E-state index in [1.54, 1.807) is 24.4 Å². The van der Waals surface area contributed by atoms with Crippen LogP contribution < -0.4 is 0 Å². The monoisotopic (exact) mass is 295 g/mol. The number of thioether (sulfide) groups is 1. The predicted molar refractivity (Wildman–Crippen MR) is 84.9 cm³/mol. The van der Waals surface area contributed by atoms with E-state index in [1.807, 2.05) is 30.3 Å². The summed E-state index contributed by atoms with van der Waals surface area (Å²) in [5.41, 5.74) is 1.26. The van der Waals surface area contributed by atoms with Gasteiger partial charge >= 0.3 is 0 Å². The lowest BCUT2D eigenvalue weighted by atomic mass is 10.1. The second kappa shape index (κ2) is 5.97. The highest BCUT2D eigenvalue weighted by molar-refractivity contribution is 8.00. The molecule has 0 aliphatic heterocycles. The molecule has 0 aliphatic carbocycles. The SMILES string of the molecule is O=C(CSc1cccc2cccnc12)c1ccccc1O. The van der Waals surface area contributed by atoms with Gasteiger partial charge in [-0.25, -0.2) is 0 Å². The summed E-state index contributed by atoms with van der Waals surface area (Å²) < 4.78 is 0. The van der Waals surface area contributed by atoms with E-state index in [9.17, 15) is 9.90 Å². The summed E-state index contributed by atoms with van der Waals surface area (Å²) in [4.78, 5) is 17.5. The van der Waals surface area contributed by atoms with Crippen molar-refractivity contribution in [3.05, 3.63) is 66.4 Å². The minimum Gasteiger partial charge on any atom is -0.507 e. The highest BCUT2D eigenvalue weighted by Gasteiger charge is 2.12. The fourth-order valence-electron chi connectivity index (χ4n) is 2.12. The van der Waals surface area contributed by atoms with E-state index in [2.05, 4.69) is 4.98 Å². The van der Waals surface area contributed by atoms with Gasteiger partial charge in [-0.15, -0.1) is 11.8 Å². The number of hydrogen-bond donors (Lipinski definition) is 1. The van der Waals surface area contributed by atoms with Gasteiger partial charge in [-0.2, -0.15) is 0 Å². The highest BCUT2D eigenvalue weighted by atomic mass is 32.2. The zero-order chi connectivity index (χ0) is 14.7. The number of rotatable bonds is 4. The molecule has 0 spiro atoms. The molecule has 0 atom stereocenters. The molecule has 0 unspecified atom stereocenters. The lowest BCUT2D eigenvalue weighted by molar-refractivity contribution is 0.102. The van der Waals surface area contributed by atoms with Crippen molar-refractivity contribution in [1.29, 1.82) is 0 Å². The van der Waals surface area contributed by atoms with Crippen LogP contribution in [0, 0.1) is 0 Å². The minimum atomic E-state index is -0.0916. The van der Waals surface area contributed by atoms with Gasteiger partial charge < -0.3 is 5.11 Å². The topological polar surface area (TPSA) is 50.2 Å². The average molecular weight is 295 g/mol. The summed E-state index contributed by atoms with van der Waals surface area (Å²) in [7, 11) is 0. The molecule has 4 heteroatoms. The van der Waals surface area contributed by atoms with E-state index in [4.69, 9.17) is 0 Å². The van der Waals surface area contributed by atoms with Gasteiger partial charge in [0.05, 0.1) is 16.8 Å². The van der Waals surface area contributed by atoms with E-state index >= 15 is 0 Å². The summed E-state index contributed by atoms with van der Waals surface area (Å²) in [6, 6.07) is 16.4. The molecule has 0 fully saturated rings. The van der Waals surface area contributed by atoms with Crippen molar-refractivity contribution in [3.8, 4) is 5.75 Å². The van der Waals surface area contributed by atoms with Crippen LogP contribution in [0.1, 0.15) is 10.4 Å². The second-order valence-corrected chi connectivity index (χ2v) is 5.58. The third kappa shape index (κ3) is 2.90. The molecule has 0 bridgehead atoms. The highest BCUT2D eigenvalue weighted by Crippen LogP contribution is 2.27. The van der Waals surface area contributed by atoms with Crippen LogP contribution >= 0.6 is 11.8 Å². The van der Waals surface area contributed by atoms with Crippen molar-refractivity contribution >= 4 is 28.4 Å². The number of benzene rings is 2. The van der Waals surface area contributed by atoms with E-state index < -0.39 is 0 Å². The molecule has 0 amide bonds. The van der Waals surface area contributed by atoms with Crippen LogP contribution in [0.2, 0.25) is 0 Å². The zero-order valence-electron chi connectivity index (χ0n) is 11.2. The number of carbonyl (C=O) groups is 1. The summed E-state index contributed by atoms with van der Waals surface area (Å²) >= 11 is 1.44. The van der Waals surface area contributed by atoms with Gasteiger partial charge in [0.1, 0.15) is 5.75 Å². The number of carbonyl (C=O) groups excluding carboxylic acids is 1. The Labute approximate surface area is 126 Å². The van der Waals surface area contributed by atoms with Crippen LogP contribution in [0.15, 0.2) is 65.7 Å².